The largest absolute Gasteiger partial charge is 0.462 e. The first-order valence-corrected chi connectivity index (χ1v) is 9.68. The number of anilines is 2. The maximum atomic E-state index is 13.1. The Balaban J connectivity index is 1.77. The van der Waals surface area contributed by atoms with Crippen molar-refractivity contribution in [1.82, 2.24) is 9.97 Å². The van der Waals surface area contributed by atoms with Crippen LogP contribution in [-0.2, 0) is 4.74 Å². The zero-order valence-electron chi connectivity index (χ0n) is 14.8. The fraction of sp³-hybridized carbons (Fsp3) is 0.389. The predicted octanol–water partition coefficient (Wildman–Crippen LogP) is 2.84. The van der Waals surface area contributed by atoms with Crippen molar-refractivity contribution in [1.29, 1.82) is 0 Å². The summed E-state index contributed by atoms with van der Waals surface area (Å²) in [4.78, 5) is 25.3. The average Bonchev–Trinajstić information content (AvgIpc) is 2.68. The second-order valence-electron chi connectivity index (χ2n) is 5.76. The zero-order valence-corrected chi connectivity index (χ0v) is 15.6. The third-order valence-electron chi connectivity index (χ3n) is 4.20. The molecule has 0 radical (unpaired) electrons. The van der Waals surface area contributed by atoms with Crippen molar-refractivity contribution in [3.63, 3.8) is 0 Å². The van der Waals surface area contributed by atoms with E-state index in [4.69, 9.17) is 4.74 Å². The Morgan fingerprint density at radius 3 is 2.46 bits per heavy atom. The van der Waals surface area contributed by atoms with Gasteiger partial charge in [0, 0.05) is 38.1 Å². The molecular formula is C18H21FN4O2S. The number of halogens is 1. The number of aromatic nitrogens is 2. The molecule has 0 spiro atoms. The Kier molecular flexibility index (Phi) is 5.92. The van der Waals surface area contributed by atoms with E-state index in [1.54, 1.807) is 25.3 Å². The third kappa shape index (κ3) is 4.07. The number of hydrogen-bond donors (Lipinski definition) is 0. The number of nitrogens with zero attached hydrogens (tertiary/aromatic N) is 4. The minimum atomic E-state index is -0.406. The van der Waals surface area contributed by atoms with Crippen molar-refractivity contribution >= 4 is 29.2 Å². The van der Waals surface area contributed by atoms with E-state index in [9.17, 15) is 9.18 Å². The van der Waals surface area contributed by atoms with Gasteiger partial charge < -0.3 is 14.5 Å². The predicted molar refractivity (Wildman–Crippen MR) is 101 cm³/mol. The molecular weight excluding hydrogens is 355 g/mol. The molecule has 1 aliphatic heterocycles. The molecule has 1 fully saturated rings. The van der Waals surface area contributed by atoms with Crippen LogP contribution in [0.3, 0.4) is 0 Å². The molecule has 3 rings (SSSR count). The van der Waals surface area contributed by atoms with Gasteiger partial charge in [-0.25, -0.2) is 19.2 Å². The molecule has 2 heterocycles. The number of benzene rings is 1. The van der Waals surface area contributed by atoms with Gasteiger partial charge in [-0.15, -0.1) is 0 Å². The number of carbonyl (C=O) groups excluding carboxylic acids is 1. The topological polar surface area (TPSA) is 58.6 Å². The van der Waals surface area contributed by atoms with E-state index in [-0.39, 0.29) is 5.82 Å². The average molecular weight is 376 g/mol. The van der Waals surface area contributed by atoms with Gasteiger partial charge in [-0.2, -0.15) is 0 Å². The maximum absolute atomic E-state index is 13.1. The van der Waals surface area contributed by atoms with Gasteiger partial charge in [0.05, 0.1) is 6.61 Å². The van der Waals surface area contributed by atoms with Gasteiger partial charge in [-0.05, 0) is 37.4 Å². The van der Waals surface area contributed by atoms with Crippen LogP contribution < -0.4 is 9.80 Å². The summed E-state index contributed by atoms with van der Waals surface area (Å²) in [7, 11) is 0. The summed E-state index contributed by atoms with van der Waals surface area (Å²) in [6.07, 6.45) is 3.44. The molecule has 0 unspecified atom stereocenters. The first-order chi connectivity index (χ1) is 12.6. The Morgan fingerprint density at radius 1 is 1.19 bits per heavy atom. The van der Waals surface area contributed by atoms with Crippen molar-refractivity contribution in [3.8, 4) is 0 Å². The molecule has 0 amide bonds. The van der Waals surface area contributed by atoms with E-state index in [2.05, 4.69) is 19.8 Å². The second kappa shape index (κ2) is 8.35. The lowest BCUT2D eigenvalue weighted by Crippen LogP contribution is -2.47. The SMILES string of the molecule is CCOC(=O)c1cnc(SC)nc1N1CCN(c2ccc(F)cc2)CC1. The zero-order chi connectivity index (χ0) is 18.5. The standard InChI is InChI=1S/C18H21FN4O2S/c1-3-25-17(24)15-12-20-18(26-2)21-16(15)23-10-8-22(9-11-23)14-6-4-13(19)5-7-14/h4-7,12H,3,8-11H2,1-2H3. The fourth-order valence-electron chi connectivity index (χ4n) is 2.88. The van der Waals surface area contributed by atoms with E-state index in [1.807, 2.05) is 6.26 Å². The highest BCUT2D eigenvalue weighted by molar-refractivity contribution is 7.98. The summed E-state index contributed by atoms with van der Waals surface area (Å²) in [5, 5.41) is 0.619. The Hall–Kier alpha value is -2.35. The van der Waals surface area contributed by atoms with Gasteiger partial charge >= 0.3 is 5.97 Å². The minimum absolute atomic E-state index is 0.239. The summed E-state index contributed by atoms with van der Waals surface area (Å²) in [6.45, 7) is 5.00. The third-order valence-corrected chi connectivity index (χ3v) is 4.76. The lowest BCUT2D eigenvalue weighted by Gasteiger charge is -2.37. The molecule has 0 atom stereocenters. The summed E-state index contributed by atoms with van der Waals surface area (Å²) < 4.78 is 18.2. The highest BCUT2D eigenvalue weighted by atomic mass is 32.2. The van der Waals surface area contributed by atoms with Gasteiger partial charge in [0.1, 0.15) is 17.2 Å². The Labute approximate surface area is 156 Å². The molecule has 1 aliphatic rings. The fourth-order valence-corrected chi connectivity index (χ4v) is 3.21. The van der Waals surface area contributed by atoms with Gasteiger partial charge in [-0.3, -0.25) is 0 Å². The Morgan fingerprint density at radius 2 is 1.85 bits per heavy atom. The normalized spacial score (nSPS) is 14.4. The summed E-state index contributed by atoms with van der Waals surface area (Å²) in [5.41, 5.74) is 1.38. The molecule has 2 aromatic rings. The molecule has 0 saturated carbocycles. The van der Waals surface area contributed by atoms with E-state index >= 15 is 0 Å². The number of carbonyl (C=O) groups is 1. The van der Waals surface area contributed by atoms with Gasteiger partial charge in [-0.1, -0.05) is 11.8 Å². The van der Waals surface area contributed by atoms with Crippen LogP contribution in [0.5, 0.6) is 0 Å². The molecule has 6 nitrogen and oxygen atoms in total. The lowest BCUT2D eigenvalue weighted by atomic mass is 10.2. The summed E-state index contributed by atoms with van der Waals surface area (Å²) in [5.74, 6) is -0.0327. The van der Waals surface area contributed by atoms with E-state index < -0.39 is 5.97 Å². The number of esters is 1. The smallest absolute Gasteiger partial charge is 0.343 e. The lowest BCUT2D eigenvalue weighted by molar-refractivity contribution is 0.0526. The monoisotopic (exact) mass is 376 g/mol. The molecule has 1 aromatic carbocycles. The number of ether oxygens (including phenoxy) is 1. The highest BCUT2D eigenvalue weighted by Gasteiger charge is 2.24. The first-order valence-electron chi connectivity index (χ1n) is 8.46. The van der Waals surface area contributed by atoms with Crippen molar-refractivity contribution in [2.45, 2.75) is 12.1 Å². The quantitative estimate of drug-likeness (QED) is 0.452. The van der Waals surface area contributed by atoms with E-state index in [1.165, 1.54) is 23.9 Å². The van der Waals surface area contributed by atoms with Crippen LogP contribution in [0.4, 0.5) is 15.9 Å². The van der Waals surface area contributed by atoms with Gasteiger partial charge in [0.25, 0.3) is 0 Å². The van der Waals surface area contributed by atoms with Gasteiger partial charge in [0.2, 0.25) is 0 Å². The molecule has 138 valence electrons. The molecule has 1 aromatic heterocycles. The van der Waals surface area contributed by atoms with Crippen molar-refractivity contribution in [2.75, 3.05) is 48.8 Å². The van der Waals surface area contributed by atoms with Crippen LogP contribution >= 0.6 is 11.8 Å². The van der Waals surface area contributed by atoms with Crippen molar-refractivity contribution < 1.29 is 13.9 Å². The first kappa shape index (κ1) is 18.4. The number of hydrogen-bond acceptors (Lipinski definition) is 7. The molecule has 26 heavy (non-hydrogen) atoms. The van der Waals surface area contributed by atoms with Crippen LogP contribution in [0.25, 0.3) is 0 Å². The molecule has 0 N–H and O–H groups in total. The molecule has 0 aliphatic carbocycles. The van der Waals surface area contributed by atoms with E-state index in [0.29, 0.717) is 36.2 Å². The van der Waals surface area contributed by atoms with Crippen LogP contribution in [-0.4, -0.2) is 55.0 Å². The van der Waals surface area contributed by atoms with E-state index in [0.717, 1.165) is 18.8 Å². The highest BCUT2D eigenvalue weighted by Crippen LogP contribution is 2.24. The molecule has 0 bridgehead atoms. The number of rotatable bonds is 5. The van der Waals surface area contributed by atoms with Crippen LogP contribution in [0, 0.1) is 5.82 Å². The maximum Gasteiger partial charge on any atom is 0.343 e. The summed E-state index contributed by atoms with van der Waals surface area (Å²) >= 11 is 1.43. The minimum Gasteiger partial charge on any atom is -0.462 e. The molecule has 1 saturated heterocycles. The Bertz CT molecular complexity index is 764. The van der Waals surface area contributed by atoms with Crippen molar-refractivity contribution in [2.24, 2.45) is 0 Å². The number of thioether (sulfide) groups is 1. The van der Waals surface area contributed by atoms with Gasteiger partial charge in [0.15, 0.2) is 5.16 Å². The van der Waals surface area contributed by atoms with Crippen molar-refractivity contribution in [3.05, 3.63) is 41.8 Å². The number of piperazine rings is 1. The van der Waals surface area contributed by atoms with Crippen LogP contribution in [0.2, 0.25) is 0 Å². The van der Waals surface area contributed by atoms with Crippen LogP contribution in [0.15, 0.2) is 35.6 Å². The van der Waals surface area contributed by atoms with Crippen LogP contribution in [0.1, 0.15) is 17.3 Å². The summed E-state index contributed by atoms with van der Waals surface area (Å²) in [6, 6.07) is 6.50. The second-order valence-corrected chi connectivity index (χ2v) is 6.54. The molecule has 8 heteroatoms.